The zero-order chi connectivity index (χ0) is 19.9. The summed E-state index contributed by atoms with van der Waals surface area (Å²) < 4.78 is 4.73. The highest BCUT2D eigenvalue weighted by Crippen LogP contribution is 2.23. The highest BCUT2D eigenvalue weighted by molar-refractivity contribution is 5.89. The first-order valence-electron chi connectivity index (χ1n) is 9.11. The van der Waals surface area contributed by atoms with Gasteiger partial charge in [-0.3, -0.25) is 4.98 Å². The Labute approximate surface area is 164 Å². The number of pyridine rings is 1. The molecule has 7 heteroatoms. The number of nitrogens with zero attached hydrogens (tertiary/aromatic N) is 3. The summed E-state index contributed by atoms with van der Waals surface area (Å²) in [6, 6.07) is 14.8. The van der Waals surface area contributed by atoms with Crippen molar-refractivity contribution in [1.82, 2.24) is 15.0 Å². The standard InChI is InChI=1S/C21H23N5O2/c1-4-14(2)23-21-25-18(17-7-5-6-12-22-17)13-19(26-21)24-16-10-8-15(9-11-16)20(27)28-3/h5-14H,4H2,1-3H3,(H2,23,24,25,26)/t14-/m1/s1. The van der Waals surface area contributed by atoms with Crippen LogP contribution in [0.3, 0.4) is 0 Å². The van der Waals surface area contributed by atoms with E-state index in [1.807, 2.05) is 24.3 Å². The van der Waals surface area contributed by atoms with Crippen molar-refractivity contribution in [1.29, 1.82) is 0 Å². The molecule has 28 heavy (non-hydrogen) atoms. The molecule has 0 aliphatic rings. The van der Waals surface area contributed by atoms with Gasteiger partial charge in [0.1, 0.15) is 5.82 Å². The first kappa shape index (κ1) is 19.3. The number of rotatable bonds is 7. The summed E-state index contributed by atoms with van der Waals surface area (Å²) >= 11 is 0. The molecule has 0 bridgehead atoms. The van der Waals surface area contributed by atoms with E-state index < -0.39 is 0 Å². The molecule has 1 atom stereocenters. The molecule has 0 unspecified atom stereocenters. The first-order chi connectivity index (χ1) is 13.6. The van der Waals surface area contributed by atoms with E-state index in [4.69, 9.17) is 4.74 Å². The van der Waals surface area contributed by atoms with Crippen LogP contribution in [0.5, 0.6) is 0 Å². The second-order valence-electron chi connectivity index (χ2n) is 6.32. The van der Waals surface area contributed by atoms with E-state index in [0.717, 1.165) is 23.5 Å². The third-order valence-electron chi connectivity index (χ3n) is 4.22. The van der Waals surface area contributed by atoms with Crippen LogP contribution in [-0.4, -0.2) is 34.1 Å². The largest absolute Gasteiger partial charge is 0.465 e. The monoisotopic (exact) mass is 377 g/mol. The number of carbonyl (C=O) groups excluding carboxylic acids is 1. The van der Waals surface area contributed by atoms with Gasteiger partial charge in [-0.1, -0.05) is 13.0 Å². The second kappa shape index (κ2) is 8.94. The number of ether oxygens (including phenoxy) is 1. The van der Waals surface area contributed by atoms with Gasteiger partial charge in [-0.15, -0.1) is 0 Å². The Morgan fingerprint density at radius 1 is 1.11 bits per heavy atom. The van der Waals surface area contributed by atoms with Gasteiger partial charge in [0, 0.05) is 24.0 Å². The molecule has 0 spiro atoms. The molecule has 7 nitrogen and oxygen atoms in total. The molecule has 0 amide bonds. The van der Waals surface area contributed by atoms with Crippen LogP contribution >= 0.6 is 0 Å². The minimum atomic E-state index is -0.369. The molecule has 2 aromatic heterocycles. The quantitative estimate of drug-likeness (QED) is 0.594. The molecule has 0 aliphatic heterocycles. The summed E-state index contributed by atoms with van der Waals surface area (Å²) in [5.41, 5.74) is 2.77. The Hall–Kier alpha value is -3.48. The Kier molecular flexibility index (Phi) is 6.16. The zero-order valence-corrected chi connectivity index (χ0v) is 16.1. The van der Waals surface area contributed by atoms with E-state index in [1.54, 1.807) is 30.5 Å². The molecule has 1 aromatic carbocycles. The molecular weight excluding hydrogens is 354 g/mol. The van der Waals surface area contributed by atoms with Crippen molar-refractivity contribution in [2.24, 2.45) is 0 Å². The molecule has 0 aliphatic carbocycles. The summed E-state index contributed by atoms with van der Waals surface area (Å²) in [5.74, 6) is 0.796. The van der Waals surface area contributed by atoms with Crippen LogP contribution in [-0.2, 0) is 4.74 Å². The van der Waals surface area contributed by atoms with E-state index >= 15 is 0 Å². The molecule has 144 valence electrons. The number of esters is 1. The minimum Gasteiger partial charge on any atom is -0.465 e. The van der Waals surface area contributed by atoms with Crippen molar-refractivity contribution in [3.05, 3.63) is 60.3 Å². The van der Waals surface area contributed by atoms with Crippen molar-refractivity contribution in [2.75, 3.05) is 17.7 Å². The van der Waals surface area contributed by atoms with E-state index in [9.17, 15) is 4.79 Å². The van der Waals surface area contributed by atoms with Crippen LogP contribution in [0.2, 0.25) is 0 Å². The van der Waals surface area contributed by atoms with E-state index in [0.29, 0.717) is 17.3 Å². The Bertz CT molecular complexity index is 929. The number of nitrogens with one attached hydrogen (secondary N) is 2. The minimum absolute atomic E-state index is 0.242. The lowest BCUT2D eigenvalue weighted by molar-refractivity contribution is 0.0601. The summed E-state index contributed by atoms with van der Waals surface area (Å²) in [4.78, 5) is 25.1. The fourth-order valence-corrected chi connectivity index (χ4v) is 2.50. The number of benzene rings is 1. The van der Waals surface area contributed by atoms with E-state index in [1.165, 1.54) is 7.11 Å². The number of anilines is 3. The first-order valence-corrected chi connectivity index (χ1v) is 9.11. The maximum absolute atomic E-state index is 11.6. The number of carbonyl (C=O) groups is 1. The highest BCUT2D eigenvalue weighted by atomic mass is 16.5. The Morgan fingerprint density at radius 3 is 2.54 bits per heavy atom. The van der Waals surface area contributed by atoms with Gasteiger partial charge in [-0.05, 0) is 49.7 Å². The van der Waals surface area contributed by atoms with Gasteiger partial charge in [0.05, 0.1) is 24.1 Å². The molecule has 2 N–H and O–H groups in total. The lowest BCUT2D eigenvalue weighted by Crippen LogP contribution is -2.16. The maximum atomic E-state index is 11.6. The number of aromatic nitrogens is 3. The number of hydrogen-bond acceptors (Lipinski definition) is 7. The van der Waals surface area contributed by atoms with Gasteiger partial charge in [-0.25, -0.2) is 9.78 Å². The molecule has 0 saturated heterocycles. The average Bonchev–Trinajstić information content (AvgIpc) is 2.74. The third-order valence-corrected chi connectivity index (χ3v) is 4.22. The van der Waals surface area contributed by atoms with Crippen molar-refractivity contribution in [2.45, 2.75) is 26.3 Å². The van der Waals surface area contributed by atoms with Crippen LogP contribution in [0, 0.1) is 0 Å². The third kappa shape index (κ3) is 4.82. The van der Waals surface area contributed by atoms with Gasteiger partial charge >= 0.3 is 5.97 Å². The van der Waals surface area contributed by atoms with E-state index in [-0.39, 0.29) is 12.0 Å². The topological polar surface area (TPSA) is 89.0 Å². The van der Waals surface area contributed by atoms with Crippen LogP contribution < -0.4 is 10.6 Å². The highest BCUT2D eigenvalue weighted by Gasteiger charge is 2.10. The fraction of sp³-hybridized carbons (Fsp3) is 0.238. The van der Waals surface area contributed by atoms with Crippen molar-refractivity contribution >= 4 is 23.4 Å². The lowest BCUT2D eigenvalue weighted by Gasteiger charge is -2.14. The van der Waals surface area contributed by atoms with Crippen LogP contribution in [0.25, 0.3) is 11.4 Å². The lowest BCUT2D eigenvalue weighted by atomic mass is 10.2. The maximum Gasteiger partial charge on any atom is 0.337 e. The molecule has 0 saturated carbocycles. The zero-order valence-electron chi connectivity index (χ0n) is 16.1. The van der Waals surface area contributed by atoms with Crippen LogP contribution in [0.15, 0.2) is 54.7 Å². The van der Waals surface area contributed by atoms with Crippen LogP contribution in [0.1, 0.15) is 30.6 Å². The number of hydrogen-bond donors (Lipinski definition) is 2. The number of methoxy groups -OCH3 is 1. The Balaban J connectivity index is 1.90. The van der Waals surface area contributed by atoms with Gasteiger partial charge in [0.2, 0.25) is 5.95 Å². The van der Waals surface area contributed by atoms with Crippen molar-refractivity contribution < 1.29 is 9.53 Å². The second-order valence-corrected chi connectivity index (χ2v) is 6.32. The van der Waals surface area contributed by atoms with Gasteiger partial charge in [-0.2, -0.15) is 4.98 Å². The van der Waals surface area contributed by atoms with Crippen molar-refractivity contribution in [3.8, 4) is 11.4 Å². The van der Waals surface area contributed by atoms with E-state index in [2.05, 4.69) is 39.4 Å². The SMILES string of the molecule is CC[C@@H](C)Nc1nc(Nc2ccc(C(=O)OC)cc2)cc(-c2ccccn2)n1. The summed E-state index contributed by atoms with van der Waals surface area (Å²) in [6.07, 6.45) is 2.69. The van der Waals surface area contributed by atoms with Gasteiger partial charge in [0.15, 0.2) is 0 Å². The molecule has 2 heterocycles. The molecule has 3 rings (SSSR count). The van der Waals surface area contributed by atoms with Gasteiger partial charge < -0.3 is 15.4 Å². The summed E-state index contributed by atoms with van der Waals surface area (Å²) in [7, 11) is 1.36. The molecule has 0 fully saturated rings. The normalized spacial score (nSPS) is 11.5. The van der Waals surface area contributed by atoms with Crippen molar-refractivity contribution in [3.63, 3.8) is 0 Å². The smallest absolute Gasteiger partial charge is 0.337 e. The summed E-state index contributed by atoms with van der Waals surface area (Å²) in [6.45, 7) is 4.18. The molecular formula is C21H23N5O2. The Morgan fingerprint density at radius 2 is 1.89 bits per heavy atom. The average molecular weight is 377 g/mol. The summed E-state index contributed by atoms with van der Waals surface area (Å²) in [5, 5.41) is 6.57. The predicted octanol–water partition coefficient (Wildman–Crippen LogP) is 4.28. The van der Waals surface area contributed by atoms with Crippen LogP contribution in [0.4, 0.5) is 17.5 Å². The molecule has 3 aromatic rings. The fourth-order valence-electron chi connectivity index (χ4n) is 2.50. The predicted molar refractivity (Wildman–Crippen MR) is 110 cm³/mol. The van der Waals surface area contributed by atoms with Gasteiger partial charge in [0.25, 0.3) is 0 Å². The molecule has 0 radical (unpaired) electrons.